The van der Waals surface area contributed by atoms with E-state index >= 15 is 0 Å². The minimum absolute atomic E-state index is 0.0665. The number of nitrogens with two attached hydrogens (primary N) is 1. The summed E-state index contributed by atoms with van der Waals surface area (Å²) in [7, 11) is 0. The van der Waals surface area contributed by atoms with E-state index in [1.165, 1.54) is 11.3 Å². The highest BCUT2D eigenvalue weighted by atomic mass is 32.1. The third kappa shape index (κ3) is 4.08. The predicted octanol–water partition coefficient (Wildman–Crippen LogP) is 1.84. The van der Waals surface area contributed by atoms with Crippen molar-refractivity contribution < 1.29 is 9.53 Å². The maximum atomic E-state index is 12.2. The van der Waals surface area contributed by atoms with Crippen molar-refractivity contribution in [3.63, 3.8) is 0 Å². The third-order valence-electron chi connectivity index (χ3n) is 2.84. The SMILES string of the molecule is CC(C)(C)Nc1nc(N)c(C(=O)NC2CCCOC2)s1. The summed E-state index contributed by atoms with van der Waals surface area (Å²) < 4.78 is 5.35. The highest BCUT2D eigenvalue weighted by molar-refractivity contribution is 7.18. The zero-order valence-corrected chi connectivity index (χ0v) is 13.0. The molecule has 1 aromatic rings. The Morgan fingerprint density at radius 2 is 2.25 bits per heavy atom. The average Bonchev–Trinajstić information content (AvgIpc) is 2.69. The van der Waals surface area contributed by atoms with Crippen LogP contribution in [0.1, 0.15) is 43.3 Å². The molecule has 2 heterocycles. The summed E-state index contributed by atoms with van der Waals surface area (Å²) in [6, 6.07) is 0.0665. The molecule has 7 heteroatoms. The van der Waals surface area contributed by atoms with Gasteiger partial charge in [-0.2, -0.15) is 0 Å². The molecule has 1 saturated heterocycles. The van der Waals surface area contributed by atoms with Crippen molar-refractivity contribution in [2.45, 2.75) is 45.2 Å². The largest absolute Gasteiger partial charge is 0.382 e. The van der Waals surface area contributed by atoms with E-state index in [0.29, 0.717) is 16.6 Å². The molecule has 4 N–H and O–H groups in total. The van der Waals surface area contributed by atoms with Crippen molar-refractivity contribution in [3.05, 3.63) is 4.88 Å². The summed E-state index contributed by atoms with van der Waals surface area (Å²) in [6.07, 6.45) is 1.91. The van der Waals surface area contributed by atoms with Crippen LogP contribution >= 0.6 is 11.3 Å². The van der Waals surface area contributed by atoms with Crippen LogP contribution in [0.25, 0.3) is 0 Å². The van der Waals surface area contributed by atoms with Gasteiger partial charge in [-0.05, 0) is 33.6 Å². The van der Waals surface area contributed by atoms with E-state index in [9.17, 15) is 4.79 Å². The molecule has 1 atom stereocenters. The summed E-state index contributed by atoms with van der Waals surface area (Å²) in [5.41, 5.74) is 5.72. The number of aromatic nitrogens is 1. The van der Waals surface area contributed by atoms with Crippen LogP contribution in [0.5, 0.6) is 0 Å². The lowest BCUT2D eigenvalue weighted by Gasteiger charge is -2.22. The Hall–Kier alpha value is -1.34. The second kappa shape index (κ2) is 5.97. The molecule has 1 aliphatic heterocycles. The van der Waals surface area contributed by atoms with E-state index in [1.807, 2.05) is 20.8 Å². The molecule has 0 aromatic carbocycles. The van der Waals surface area contributed by atoms with E-state index in [-0.39, 0.29) is 23.3 Å². The minimum atomic E-state index is -0.169. The zero-order valence-electron chi connectivity index (χ0n) is 12.2. The molecular weight excluding hydrogens is 276 g/mol. The third-order valence-corrected chi connectivity index (χ3v) is 3.82. The molecule has 1 aliphatic rings. The molecule has 1 unspecified atom stereocenters. The van der Waals surface area contributed by atoms with Crippen LogP contribution in [0.15, 0.2) is 0 Å². The summed E-state index contributed by atoms with van der Waals surface area (Å²) in [5.74, 6) is 0.105. The van der Waals surface area contributed by atoms with Gasteiger partial charge in [0.1, 0.15) is 10.7 Å². The minimum Gasteiger partial charge on any atom is -0.382 e. The average molecular weight is 298 g/mol. The highest BCUT2D eigenvalue weighted by Gasteiger charge is 2.22. The van der Waals surface area contributed by atoms with Crippen molar-refractivity contribution in [2.75, 3.05) is 24.3 Å². The first-order valence-corrected chi connectivity index (χ1v) is 7.60. The number of hydrogen-bond donors (Lipinski definition) is 3. The smallest absolute Gasteiger partial charge is 0.265 e. The Morgan fingerprint density at radius 1 is 1.50 bits per heavy atom. The Kier molecular flexibility index (Phi) is 4.49. The van der Waals surface area contributed by atoms with Gasteiger partial charge in [0.15, 0.2) is 5.13 Å². The monoisotopic (exact) mass is 298 g/mol. The van der Waals surface area contributed by atoms with Crippen LogP contribution in [0.2, 0.25) is 0 Å². The second-order valence-electron chi connectivity index (χ2n) is 6.00. The van der Waals surface area contributed by atoms with Gasteiger partial charge in [0, 0.05) is 12.1 Å². The predicted molar refractivity (Wildman–Crippen MR) is 81.2 cm³/mol. The van der Waals surface area contributed by atoms with E-state index < -0.39 is 0 Å². The fourth-order valence-corrected chi connectivity index (χ4v) is 2.97. The van der Waals surface area contributed by atoms with Crippen LogP contribution in [0.4, 0.5) is 10.9 Å². The fourth-order valence-electron chi connectivity index (χ4n) is 1.97. The number of hydrogen-bond acceptors (Lipinski definition) is 6. The molecular formula is C13H22N4O2S. The second-order valence-corrected chi connectivity index (χ2v) is 6.99. The fraction of sp³-hybridized carbons (Fsp3) is 0.692. The van der Waals surface area contributed by atoms with Crippen molar-refractivity contribution in [3.8, 4) is 0 Å². The lowest BCUT2D eigenvalue weighted by atomic mass is 10.1. The number of ether oxygens (including phenoxy) is 1. The Bertz CT molecular complexity index is 475. The van der Waals surface area contributed by atoms with E-state index in [4.69, 9.17) is 10.5 Å². The van der Waals surface area contributed by atoms with Gasteiger partial charge in [0.2, 0.25) is 0 Å². The number of carbonyl (C=O) groups is 1. The van der Waals surface area contributed by atoms with Gasteiger partial charge in [0.25, 0.3) is 5.91 Å². The molecule has 6 nitrogen and oxygen atoms in total. The lowest BCUT2D eigenvalue weighted by molar-refractivity contribution is 0.0626. The van der Waals surface area contributed by atoms with Crippen molar-refractivity contribution >= 4 is 28.2 Å². The number of carbonyl (C=O) groups excluding carboxylic acids is 1. The number of rotatable bonds is 3. The summed E-state index contributed by atoms with van der Waals surface area (Å²) in [6.45, 7) is 7.43. The van der Waals surface area contributed by atoms with E-state index in [0.717, 1.165) is 19.4 Å². The van der Waals surface area contributed by atoms with Gasteiger partial charge >= 0.3 is 0 Å². The standard InChI is InChI=1S/C13H22N4O2S/c1-13(2,3)17-12-16-10(14)9(20-12)11(18)15-8-5-4-6-19-7-8/h8H,4-7,14H2,1-3H3,(H,15,18)(H,16,17). The van der Waals surface area contributed by atoms with E-state index in [1.54, 1.807) is 0 Å². The molecule has 0 radical (unpaired) electrons. The number of anilines is 2. The van der Waals surface area contributed by atoms with Gasteiger partial charge in [0.05, 0.1) is 12.6 Å². The molecule has 0 aliphatic carbocycles. The first kappa shape index (κ1) is 15.1. The number of nitrogens with zero attached hydrogens (tertiary/aromatic N) is 1. The quantitative estimate of drug-likeness (QED) is 0.792. The first-order valence-electron chi connectivity index (χ1n) is 6.78. The number of thiazole rings is 1. The molecule has 0 spiro atoms. The molecule has 1 amide bonds. The summed E-state index contributed by atoms with van der Waals surface area (Å²) in [4.78, 5) is 16.9. The topological polar surface area (TPSA) is 89.3 Å². The summed E-state index contributed by atoms with van der Waals surface area (Å²) >= 11 is 1.28. The van der Waals surface area contributed by atoms with Crippen LogP contribution in [0.3, 0.4) is 0 Å². The van der Waals surface area contributed by atoms with Crippen molar-refractivity contribution in [1.82, 2.24) is 10.3 Å². The van der Waals surface area contributed by atoms with Gasteiger partial charge in [-0.15, -0.1) is 0 Å². The van der Waals surface area contributed by atoms with Crippen LogP contribution in [0, 0.1) is 0 Å². The van der Waals surface area contributed by atoms with E-state index in [2.05, 4.69) is 15.6 Å². The van der Waals surface area contributed by atoms with Crippen LogP contribution in [-0.2, 0) is 4.74 Å². The van der Waals surface area contributed by atoms with Crippen LogP contribution < -0.4 is 16.4 Å². The first-order chi connectivity index (χ1) is 9.35. The normalized spacial score (nSPS) is 19.6. The van der Waals surface area contributed by atoms with Gasteiger partial charge in [-0.3, -0.25) is 4.79 Å². The lowest BCUT2D eigenvalue weighted by Crippen LogP contribution is -2.40. The Balaban J connectivity index is 2.02. The molecule has 0 bridgehead atoms. The van der Waals surface area contributed by atoms with Gasteiger partial charge in [-0.1, -0.05) is 11.3 Å². The Labute approximate surface area is 123 Å². The molecule has 112 valence electrons. The number of amides is 1. The molecule has 2 rings (SSSR count). The molecule has 0 saturated carbocycles. The molecule has 1 aromatic heterocycles. The zero-order chi connectivity index (χ0) is 14.8. The van der Waals surface area contributed by atoms with Crippen LogP contribution in [-0.4, -0.2) is 35.7 Å². The maximum absolute atomic E-state index is 12.2. The number of nitrogen functional groups attached to an aromatic ring is 1. The van der Waals surface area contributed by atoms with Crippen molar-refractivity contribution in [2.24, 2.45) is 0 Å². The van der Waals surface area contributed by atoms with Crippen molar-refractivity contribution in [1.29, 1.82) is 0 Å². The molecule has 1 fully saturated rings. The Morgan fingerprint density at radius 3 is 2.85 bits per heavy atom. The highest BCUT2D eigenvalue weighted by Crippen LogP contribution is 2.27. The molecule has 20 heavy (non-hydrogen) atoms. The summed E-state index contributed by atoms with van der Waals surface area (Å²) in [5, 5.41) is 6.84. The number of nitrogens with one attached hydrogen (secondary N) is 2. The maximum Gasteiger partial charge on any atom is 0.265 e. The van der Waals surface area contributed by atoms with Gasteiger partial charge < -0.3 is 21.1 Å². The van der Waals surface area contributed by atoms with Gasteiger partial charge in [-0.25, -0.2) is 4.98 Å².